The predicted octanol–water partition coefficient (Wildman–Crippen LogP) is 4.39. The zero-order valence-electron chi connectivity index (χ0n) is 16.3. The Kier molecular flexibility index (Phi) is 5.44. The van der Waals surface area contributed by atoms with E-state index in [-0.39, 0.29) is 29.6 Å². The summed E-state index contributed by atoms with van der Waals surface area (Å²) >= 11 is 0. The molecule has 2 amide bonds. The summed E-state index contributed by atoms with van der Waals surface area (Å²) in [5.74, 6) is -0.0206. The smallest absolute Gasteiger partial charge is 0.429 e. The Morgan fingerprint density at radius 3 is 2.26 bits per heavy atom. The van der Waals surface area contributed by atoms with Crippen molar-refractivity contribution in [2.45, 2.75) is 64.7 Å². The van der Waals surface area contributed by atoms with Gasteiger partial charge in [0.15, 0.2) is 0 Å². The Labute approximate surface area is 160 Å². The second-order valence-electron chi connectivity index (χ2n) is 7.84. The average Bonchev–Trinajstić information content (AvgIpc) is 3.26. The molecule has 1 N–H and O–H groups in total. The summed E-state index contributed by atoms with van der Waals surface area (Å²) in [7, 11) is 0. The van der Waals surface area contributed by atoms with Crippen LogP contribution in [0.25, 0.3) is 0 Å². The number of carbonyl (C=O) groups excluding carboxylic acids is 2. The molecule has 1 spiro atoms. The normalized spacial score (nSPS) is 22.1. The summed E-state index contributed by atoms with van der Waals surface area (Å²) in [6.07, 6.45) is 4.48. The second-order valence-corrected chi connectivity index (χ2v) is 7.84. The molecule has 6 heteroatoms. The van der Waals surface area contributed by atoms with Crippen LogP contribution < -0.4 is 5.43 Å². The highest BCUT2D eigenvalue weighted by Gasteiger charge is 2.57. The summed E-state index contributed by atoms with van der Waals surface area (Å²) < 4.78 is 10.6. The summed E-state index contributed by atoms with van der Waals surface area (Å²) in [5, 5.41) is 1.34. The Balaban J connectivity index is 1.90. The monoisotopic (exact) mass is 372 g/mol. The molecular weight excluding hydrogens is 344 g/mol. The van der Waals surface area contributed by atoms with Crippen molar-refractivity contribution in [3.8, 4) is 0 Å². The summed E-state index contributed by atoms with van der Waals surface area (Å²) in [5.41, 5.74) is 3.63. The maximum Gasteiger partial charge on any atom is 0.429 e. The van der Waals surface area contributed by atoms with Gasteiger partial charge in [0, 0.05) is 11.3 Å². The van der Waals surface area contributed by atoms with E-state index in [1.54, 1.807) is 27.7 Å². The van der Waals surface area contributed by atoms with E-state index >= 15 is 0 Å². The zero-order chi connectivity index (χ0) is 19.6. The van der Waals surface area contributed by atoms with Crippen molar-refractivity contribution >= 4 is 12.2 Å². The molecule has 0 aliphatic heterocycles. The minimum atomic E-state index is -0.653. The number of amides is 2. The Morgan fingerprint density at radius 1 is 1.07 bits per heavy atom. The third-order valence-electron chi connectivity index (χ3n) is 4.94. The van der Waals surface area contributed by atoms with Crippen LogP contribution in [0.4, 0.5) is 9.59 Å². The number of rotatable bonds is 4. The SMILES string of the molecule is CC(C)OC(=O)NN(C(=O)OC(C)C)[C@@H]1[C@@H](c2ccccc2)C=CC12CC2. The van der Waals surface area contributed by atoms with E-state index in [2.05, 4.69) is 17.6 Å². The molecule has 0 bridgehead atoms. The highest BCUT2D eigenvalue weighted by molar-refractivity contribution is 5.75. The molecule has 1 aromatic rings. The van der Waals surface area contributed by atoms with Gasteiger partial charge < -0.3 is 9.47 Å². The van der Waals surface area contributed by atoms with Crippen molar-refractivity contribution in [3.63, 3.8) is 0 Å². The van der Waals surface area contributed by atoms with E-state index in [4.69, 9.17) is 9.47 Å². The molecule has 2 aliphatic carbocycles. The first-order chi connectivity index (χ1) is 12.8. The number of carbonyl (C=O) groups is 2. The quantitative estimate of drug-likeness (QED) is 0.629. The molecule has 146 valence electrons. The van der Waals surface area contributed by atoms with Gasteiger partial charge in [-0.15, -0.1) is 0 Å². The first-order valence-corrected chi connectivity index (χ1v) is 9.54. The number of ether oxygens (including phenoxy) is 2. The molecule has 1 aromatic carbocycles. The van der Waals surface area contributed by atoms with Gasteiger partial charge in [-0.05, 0) is 46.1 Å². The molecule has 6 nitrogen and oxygen atoms in total. The lowest BCUT2D eigenvalue weighted by atomic mass is 9.88. The fraction of sp³-hybridized carbons (Fsp3) is 0.524. The van der Waals surface area contributed by atoms with Crippen LogP contribution in [0.5, 0.6) is 0 Å². The lowest BCUT2D eigenvalue weighted by Gasteiger charge is -2.36. The number of nitrogens with one attached hydrogen (secondary N) is 1. The highest BCUT2D eigenvalue weighted by atomic mass is 16.6. The molecule has 27 heavy (non-hydrogen) atoms. The molecule has 0 heterocycles. The van der Waals surface area contributed by atoms with Crippen LogP contribution in [0.2, 0.25) is 0 Å². The molecule has 0 aromatic heterocycles. The third kappa shape index (κ3) is 4.26. The molecule has 1 fully saturated rings. The van der Waals surface area contributed by atoms with E-state index in [1.165, 1.54) is 5.01 Å². The average molecular weight is 372 g/mol. The third-order valence-corrected chi connectivity index (χ3v) is 4.94. The lowest BCUT2D eigenvalue weighted by Crippen LogP contribution is -2.56. The first-order valence-electron chi connectivity index (χ1n) is 9.54. The molecule has 2 aliphatic rings. The largest absolute Gasteiger partial charge is 0.446 e. The number of benzene rings is 1. The Hall–Kier alpha value is -2.50. The fourth-order valence-electron chi connectivity index (χ4n) is 3.68. The van der Waals surface area contributed by atoms with E-state index in [0.717, 1.165) is 18.4 Å². The fourth-order valence-corrected chi connectivity index (χ4v) is 3.68. The van der Waals surface area contributed by atoms with Crippen molar-refractivity contribution < 1.29 is 19.1 Å². The molecule has 0 saturated heterocycles. The molecule has 3 rings (SSSR count). The van der Waals surface area contributed by atoms with Crippen LogP contribution >= 0.6 is 0 Å². The van der Waals surface area contributed by atoms with E-state index in [0.29, 0.717) is 0 Å². The standard InChI is InChI=1S/C21H28N2O4/c1-14(2)26-19(24)22-23(20(25)27-15(3)4)18-17(10-11-21(18)12-13-21)16-8-6-5-7-9-16/h5-11,14-15,17-18H,12-13H2,1-4H3,(H,22,24)/t17-,18-/m1/s1. The number of hydrogen-bond acceptors (Lipinski definition) is 4. The zero-order valence-corrected chi connectivity index (χ0v) is 16.3. The van der Waals surface area contributed by atoms with Crippen molar-refractivity contribution in [2.24, 2.45) is 5.41 Å². The van der Waals surface area contributed by atoms with Crippen molar-refractivity contribution in [3.05, 3.63) is 48.0 Å². The Morgan fingerprint density at radius 2 is 1.70 bits per heavy atom. The first kappa shape index (κ1) is 19.3. The van der Waals surface area contributed by atoms with E-state index in [1.807, 2.05) is 30.3 Å². The summed E-state index contributed by atoms with van der Waals surface area (Å²) in [6, 6.07) is 9.77. The molecule has 0 unspecified atom stereocenters. The minimum Gasteiger partial charge on any atom is -0.446 e. The van der Waals surface area contributed by atoms with Gasteiger partial charge in [-0.25, -0.2) is 20.0 Å². The van der Waals surface area contributed by atoms with Crippen molar-refractivity contribution in [2.75, 3.05) is 0 Å². The second kappa shape index (κ2) is 7.62. The van der Waals surface area contributed by atoms with Crippen LogP contribution in [0.3, 0.4) is 0 Å². The minimum absolute atomic E-state index is 0.0206. The van der Waals surface area contributed by atoms with Crippen LogP contribution in [0.1, 0.15) is 52.0 Å². The van der Waals surface area contributed by atoms with Gasteiger partial charge in [0.05, 0.1) is 18.2 Å². The van der Waals surface area contributed by atoms with Crippen molar-refractivity contribution in [1.82, 2.24) is 10.4 Å². The summed E-state index contributed by atoms with van der Waals surface area (Å²) in [6.45, 7) is 7.11. The van der Waals surface area contributed by atoms with Crippen LogP contribution in [-0.4, -0.2) is 35.4 Å². The van der Waals surface area contributed by atoms with Gasteiger partial charge in [0.25, 0.3) is 0 Å². The number of hydrogen-bond donors (Lipinski definition) is 1. The van der Waals surface area contributed by atoms with Gasteiger partial charge in [0.2, 0.25) is 0 Å². The van der Waals surface area contributed by atoms with Gasteiger partial charge in [0.1, 0.15) is 0 Å². The van der Waals surface area contributed by atoms with Crippen molar-refractivity contribution in [1.29, 1.82) is 0 Å². The highest BCUT2D eigenvalue weighted by Crippen LogP contribution is 2.59. The van der Waals surface area contributed by atoms with Gasteiger partial charge in [-0.2, -0.15) is 0 Å². The number of hydrazine groups is 1. The summed E-state index contributed by atoms with van der Waals surface area (Å²) in [4.78, 5) is 25.1. The molecule has 0 radical (unpaired) electrons. The maximum atomic E-state index is 12.9. The van der Waals surface area contributed by atoms with E-state index in [9.17, 15) is 9.59 Å². The molecular formula is C21H28N2O4. The Bertz CT molecular complexity index is 710. The topological polar surface area (TPSA) is 67.9 Å². The molecule has 1 saturated carbocycles. The van der Waals surface area contributed by atoms with Gasteiger partial charge in [-0.1, -0.05) is 42.5 Å². The van der Waals surface area contributed by atoms with Gasteiger partial charge >= 0.3 is 12.2 Å². The maximum absolute atomic E-state index is 12.9. The molecule has 2 atom stereocenters. The van der Waals surface area contributed by atoms with Gasteiger partial charge in [-0.3, -0.25) is 0 Å². The van der Waals surface area contributed by atoms with Crippen LogP contribution in [0.15, 0.2) is 42.5 Å². The lowest BCUT2D eigenvalue weighted by molar-refractivity contribution is 0.0205. The van der Waals surface area contributed by atoms with Crippen LogP contribution in [-0.2, 0) is 9.47 Å². The number of nitrogens with zero attached hydrogens (tertiary/aromatic N) is 1. The van der Waals surface area contributed by atoms with E-state index < -0.39 is 12.2 Å². The predicted molar refractivity (Wildman–Crippen MR) is 102 cm³/mol. The van der Waals surface area contributed by atoms with Crippen LogP contribution in [0, 0.1) is 5.41 Å².